The zero-order valence-corrected chi connectivity index (χ0v) is 21.0. The van der Waals surface area contributed by atoms with Gasteiger partial charge in [-0.2, -0.15) is 0 Å². The van der Waals surface area contributed by atoms with Gasteiger partial charge in [-0.3, -0.25) is 9.59 Å². The van der Waals surface area contributed by atoms with Gasteiger partial charge in [0.2, 0.25) is 0 Å². The second-order valence-electron chi connectivity index (χ2n) is 9.40. The molecule has 5 heteroatoms. The molecule has 0 aliphatic carbocycles. The molecule has 0 radical (unpaired) electrons. The maximum Gasteiger partial charge on any atom is 0.313 e. The van der Waals surface area contributed by atoms with Crippen molar-refractivity contribution in [3.8, 4) is 0 Å². The van der Waals surface area contributed by atoms with Crippen LogP contribution in [0.1, 0.15) is 142 Å². The van der Waals surface area contributed by atoms with Crippen molar-refractivity contribution in [2.45, 2.75) is 142 Å². The molecule has 0 aliphatic heterocycles. The minimum atomic E-state index is -0.666. The lowest BCUT2D eigenvalue weighted by Crippen LogP contribution is -2.20. The summed E-state index contributed by atoms with van der Waals surface area (Å²) in [5, 5.41) is 17.9. The third-order valence-corrected chi connectivity index (χ3v) is 6.18. The highest BCUT2D eigenvalue weighted by Gasteiger charge is 2.16. The Bertz CT molecular complexity index is 420. The molecular weight excluding hydrogens is 404 g/mol. The fraction of sp³-hybridized carbons (Fsp3) is 0.926. The number of ether oxygens (including phenoxy) is 1. The van der Waals surface area contributed by atoms with Crippen molar-refractivity contribution in [2.75, 3.05) is 13.2 Å². The third kappa shape index (κ3) is 22.3. The van der Waals surface area contributed by atoms with E-state index in [1.807, 2.05) is 0 Å². The number of carbonyl (C=O) groups excluding carboxylic acids is 2. The van der Waals surface area contributed by atoms with Crippen molar-refractivity contribution >= 4 is 11.9 Å². The molecule has 32 heavy (non-hydrogen) atoms. The Morgan fingerprint density at radius 3 is 1.25 bits per heavy atom. The summed E-state index contributed by atoms with van der Waals surface area (Å²) in [6, 6.07) is 0. The minimum absolute atomic E-state index is 0.127. The number of carbonyl (C=O) groups is 2. The first-order valence-electron chi connectivity index (χ1n) is 13.6. The number of esters is 2. The van der Waals surface area contributed by atoms with E-state index in [9.17, 15) is 9.59 Å². The average molecular weight is 457 g/mol. The quantitative estimate of drug-likeness (QED) is 0.0940. The molecule has 0 spiro atoms. The summed E-state index contributed by atoms with van der Waals surface area (Å²) in [7, 11) is 0. The van der Waals surface area contributed by atoms with Crippen LogP contribution in [0.25, 0.3) is 0 Å². The monoisotopic (exact) mass is 456 g/mol. The van der Waals surface area contributed by atoms with E-state index in [4.69, 9.17) is 14.9 Å². The molecule has 190 valence electrons. The highest BCUT2D eigenvalue weighted by molar-refractivity contribution is 5.85. The van der Waals surface area contributed by atoms with Crippen molar-refractivity contribution in [3.63, 3.8) is 0 Å². The van der Waals surface area contributed by atoms with E-state index in [2.05, 4.69) is 6.92 Å². The van der Waals surface area contributed by atoms with Crippen LogP contribution >= 0.6 is 0 Å². The van der Waals surface area contributed by atoms with E-state index < -0.39 is 17.9 Å². The maximum atomic E-state index is 11.6. The van der Waals surface area contributed by atoms with Gasteiger partial charge >= 0.3 is 11.9 Å². The smallest absolute Gasteiger partial charge is 0.313 e. The highest BCUT2D eigenvalue weighted by atomic mass is 16.6. The normalized spacial score (nSPS) is 11.2. The van der Waals surface area contributed by atoms with Crippen molar-refractivity contribution < 1.29 is 24.5 Å². The molecule has 0 heterocycles. The molecule has 0 atom stereocenters. The Morgan fingerprint density at radius 2 is 0.906 bits per heavy atom. The lowest BCUT2D eigenvalue weighted by molar-refractivity contribution is -0.160. The maximum absolute atomic E-state index is 11.6. The zero-order valence-electron chi connectivity index (χ0n) is 21.0. The Labute approximate surface area is 197 Å². The van der Waals surface area contributed by atoms with Crippen LogP contribution in [-0.2, 0) is 14.3 Å². The number of aliphatic hydroxyl groups is 2. The summed E-state index contributed by atoms with van der Waals surface area (Å²) in [6.07, 6.45) is 25.0. The van der Waals surface area contributed by atoms with Gasteiger partial charge in [0.1, 0.15) is 0 Å². The first kappa shape index (κ1) is 31.1. The molecule has 0 aliphatic rings. The Morgan fingerprint density at radius 1 is 0.562 bits per heavy atom. The van der Waals surface area contributed by atoms with Gasteiger partial charge in [-0.25, -0.2) is 0 Å². The van der Waals surface area contributed by atoms with Crippen LogP contribution in [0, 0.1) is 5.92 Å². The molecule has 0 aromatic rings. The van der Waals surface area contributed by atoms with Gasteiger partial charge in [-0.05, 0) is 6.42 Å². The fourth-order valence-corrected chi connectivity index (χ4v) is 3.99. The molecule has 0 saturated heterocycles. The van der Waals surface area contributed by atoms with Gasteiger partial charge < -0.3 is 14.9 Å². The van der Waals surface area contributed by atoms with Gasteiger partial charge in [0.15, 0.2) is 0 Å². The summed E-state index contributed by atoms with van der Waals surface area (Å²) >= 11 is 0. The van der Waals surface area contributed by atoms with Crippen LogP contribution in [0.2, 0.25) is 0 Å². The summed E-state index contributed by atoms with van der Waals surface area (Å²) in [4.78, 5) is 23.1. The molecule has 2 N–H and O–H groups in total. The lowest BCUT2D eigenvalue weighted by Gasteiger charge is -2.09. The Hall–Kier alpha value is -0.940. The van der Waals surface area contributed by atoms with Crippen molar-refractivity contribution in [2.24, 2.45) is 5.92 Å². The summed E-state index contributed by atoms with van der Waals surface area (Å²) in [5.74, 6) is -1.72. The van der Waals surface area contributed by atoms with E-state index in [1.165, 1.54) is 103 Å². The molecular formula is C27H52O5. The summed E-state index contributed by atoms with van der Waals surface area (Å²) < 4.78 is 4.72. The van der Waals surface area contributed by atoms with Gasteiger partial charge in [0.05, 0.1) is 6.42 Å². The van der Waals surface area contributed by atoms with Crippen LogP contribution in [0.4, 0.5) is 0 Å². The predicted octanol–water partition coefficient (Wildman–Crippen LogP) is 6.87. The van der Waals surface area contributed by atoms with E-state index in [0.717, 1.165) is 19.3 Å². The van der Waals surface area contributed by atoms with Crippen LogP contribution < -0.4 is 0 Å². The second kappa shape index (κ2) is 24.7. The van der Waals surface area contributed by atoms with Crippen molar-refractivity contribution in [1.29, 1.82) is 0 Å². The average Bonchev–Trinajstić information content (AvgIpc) is 2.78. The van der Waals surface area contributed by atoms with E-state index in [-0.39, 0.29) is 26.1 Å². The van der Waals surface area contributed by atoms with Crippen molar-refractivity contribution in [3.05, 3.63) is 0 Å². The van der Waals surface area contributed by atoms with E-state index >= 15 is 0 Å². The number of hydrogen-bond donors (Lipinski definition) is 2. The molecule has 0 aromatic carbocycles. The standard InChI is InChI=1S/C27H52O5/c1-2-3-4-5-6-7-8-9-10-11-12-13-14-15-16-17-18-19-20-21-26(30)32-27(31)22-25(23-28)24-29/h25,28-29H,2-24H2,1H3. The Kier molecular flexibility index (Phi) is 24.0. The molecule has 0 rings (SSSR count). The van der Waals surface area contributed by atoms with Gasteiger partial charge in [0, 0.05) is 25.6 Å². The first-order valence-corrected chi connectivity index (χ1v) is 13.6. The molecule has 0 aromatic heterocycles. The summed E-state index contributed by atoms with van der Waals surface area (Å²) in [5.41, 5.74) is 0. The molecule has 0 saturated carbocycles. The number of aliphatic hydroxyl groups excluding tert-OH is 2. The van der Waals surface area contributed by atoms with Crippen LogP contribution in [0.5, 0.6) is 0 Å². The van der Waals surface area contributed by atoms with Gasteiger partial charge in [-0.15, -0.1) is 0 Å². The third-order valence-electron chi connectivity index (χ3n) is 6.18. The molecule has 0 amide bonds. The first-order chi connectivity index (χ1) is 15.6. The van der Waals surface area contributed by atoms with Crippen LogP contribution in [0.3, 0.4) is 0 Å². The lowest BCUT2D eigenvalue weighted by atomic mass is 10.0. The van der Waals surface area contributed by atoms with Crippen molar-refractivity contribution in [1.82, 2.24) is 0 Å². The predicted molar refractivity (Wildman–Crippen MR) is 131 cm³/mol. The topological polar surface area (TPSA) is 83.8 Å². The molecule has 0 unspecified atom stereocenters. The Balaban J connectivity index is 3.26. The zero-order chi connectivity index (χ0) is 23.7. The molecule has 0 fully saturated rings. The van der Waals surface area contributed by atoms with E-state index in [1.54, 1.807) is 0 Å². The highest BCUT2D eigenvalue weighted by Crippen LogP contribution is 2.15. The largest absolute Gasteiger partial charge is 0.396 e. The summed E-state index contributed by atoms with van der Waals surface area (Å²) in [6.45, 7) is 1.69. The van der Waals surface area contributed by atoms with Gasteiger partial charge in [-0.1, -0.05) is 122 Å². The number of unbranched alkanes of at least 4 members (excludes halogenated alkanes) is 18. The van der Waals surface area contributed by atoms with Crippen LogP contribution in [0.15, 0.2) is 0 Å². The second-order valence-corrected chi connectivity index (χ2v) is 9.40. The van der Waals surface area contributed by atoms with Crippen LogP contribution in [-0.4, -0.2) is 35.4 Å². The SMILES string of the molecule is CCCCCCCCCCCCCCCCCCCCCC(=O)OC(=O)CC(CO)CO. The number of rotatable bonds is 24. The minimum Gasteiger partial charge on any atom is -0.396 e. The van der Waals surface area contributed by atoms with E-state index in [0.29, 0.717) is 0 Å². The fourth-order valence-electron chi connectivity index (χ4n) is 3.99. The molecule has 5 nitrogen and oxygen atoms in total. The number of hydrogen-bond acceptors (Lipinski definition) is 5. The van der Waals surface area contributed by atoms with Gasteiger partial charge in [0.25, 0.3) is 0 Å². The molecule has 0 bridgehead atoms.